The van der Waals surface area contributed by atoms with Gasteiger partial charge >= 0.3 is 0 Å². The standard InChI is InChI=1S/C22H34N2O.C4H10/c1-4-20(10-13-23)21-9-5-7-18(2)17-22(21)25-16-12-19-8-6-14-24(3)15-11-19;1-3-4-2/h4-5,7,10,13,17,19H,6,8-9,11-12,14-16,23H2,1-3H3;3-4H2,1-2H3/b13-10-,20-4+;. The lowest BCUT2D eigenvalue weighted by molar-refractivity contribution is 0.192. The smallest absolute Gasteiger partial charge is 0.123 e. The second-order valence-corrected chi connectivity index (χ2v) is 8.18. The Kier molecular flexibility index (Phi) is 13.2. The molecule has 0 spiro atoms. The van der Waals surface area contributed by atoms with Crippen LogP contribution in [0.1, 0.15) is 72.6 Å². The highest BCUT2D eigenvalue weighted by molar-refractivity contribution is 5.47. The molecule has 0 amide bonds. The molecule has 1 fully saturated rings. The maximum atomic E-state index is 6.28. The molecule has 1 unspecified atom stereocenters. The van der Waals surface area contributed by atoms with Crippen LogP contribution in [0.2, 0.25) is 0 Å². The lowest BCUT2D eigenvalue weighted by Gasteiger charge is -2.17. The molecule has 0 aromatic heterocycles. The Hall–Kier alpha value is -1.74. The van der Waals surface area contributed by atoms with E-state index in [0.717, 1.165) is 36.7 Å². The number of nitrogens with two attached hydrogens (primary N) is 1. The van der Waals surface area contributed by atoms with E-state index in [1.54, 1.807) is 6.20 Å². The average Bonchev–Trinajstić information content (AvgIpc) is 3.04. The molecular weight excluding hydrogens is 356 g/mol. The lowest BCUT2D eigenvalue weighted by atomic mass is 9.97. The average molecular weight is 401 g/mol. The van der Waals surface area contributed by atoms with E-state index in [-0.39, 0.29) is 0 Å². The molecule has 1 aliphatic heterocycles. The van der Waals surface area contributed by atoms with Gasteiger partial charge in [-0.2, -0.15) is 0 Å². The normalized spacial score (nSPS) is 21.3. The maximum absolute atomic E-state index is 6.28. The summed E-state index contributed by atoms with van der Waals surface area (Å²) in [6, 6.07) is 0. The van der Waals surface area contributed by atoms with Crippen molar-refractivity contribution in [3.05, 3.63) is 59.1 Å². The minimum absolute atomic E-state index is 0.785. The van der Waals surface area contributed by atoms with Crippen molar-refractivity contribution in [1.82, 2.24) is 4.90 Å². The predicted octanol–water partition coefficient (Wildman–Crippen LogP) is 6.51. The molecule has 0 bridgehead atoms. The Morgan fingerprint density at radius 2 is 2.00 bits per heavy atom. The Balaban J connectivity index is 0.000000960. The molecule has 2 N–H and O–H groups in total. The number of allylic oxidation sites excluding steroid dienone is 8. The third-order valence-electron chi connectivity index (χ3n) is 5.65. The fourth-order valence-electron chi connectivity index (χ4n) is 3.60. The number of unbranched alkanes of at least 4 members (excludes halogenated alkanes) is 1. The first kappa shape index (κ1) is 25.3. The minimum atomic E-state index is 0.785. The number of likely N-dealkylation sites (tertiary alicyclic amines) is 1. The Bertz CT molecular complexity index is 608. The molecule has 1 atom stereocenters. The number of hydrogen-bond acceptors (Lipinski definition) is 3. The van der Waals surface area contributed by atoms with E-state index in [2.05, 4.69) is 57.0 Å². The van der Waals surface area contributed by atoms with Gasteiger partial charge in [0.2, 0.25) is 0 Å². The summed E-state index contributed by atoms with van der Waals surface area (Å²) in [5, 5.41) is 0. The van der Waals surface area contributed by atoms with Crippen LogP contribution in [0.3, 0.4) is 0 Å². The van der Waals surface area contributed by atoms with Gasteiger partial charge in [-0.15, -0.1) is 0 Å². The first-order valence-electron chi connectivity index (χ1n) is 11.5. The van der Waals surface area contributed by atoms with Crippen molar-refractivity contribution in [2.45, 2.75) is 72.6 Å². The van der Waals surface area contributed by atoms with Gasteiger partial charge in [-0.3, -0.25) is 0 Å². The topological polar surface area (TPSA) is 38.5 Å². The molecule has 0 aromatic carbocycles. The monoisotopic (exact) mass is 400 g/mol. The fraction of sp³-hybridized carbons (Fsp3) is 0.615. The molecule has 2 rings (SSSR count). The zero-order valence-electron chi connectivity index (χ0n) is 19.5. The number of rotatable bonds is 7. The van der Waals surface area contributed by atoms with E-state index in [1.807, 2.05) is 13.0 Å². The summed E-state index contributed by atoms with van der Waals surface area (Å²) >= 11 is 0. The Labute approximate surface area is 180 Å². The first-order valence-corrected chi connectivity index (χ1v) is 11.5. The van der Waals surface area contributed by atoms with Crippen LogP contribution >= 0.6 is 0 Å². The highest BCUT2D eigenvalue weighted by Crippen LogP contribution is 2.27. The molecule has 164 valence electrons. The van der Waals surface area contributed by atoms with Crippen molar-refractivity contribution < 1.29 is 4.74 Å². The van der Waals surface area contributed by atoms with E-state index in [4.69, 9.17) is 10.5 Å². The second-order valence-electron chi connectivity index (χ2n) is 8.18. The summed E-state index contributed by atoms with van der Waals surface area (Å²) in [6.07, 6.45) is 20.8. The van der Waals surface area contributed by atoms with Gasteiger partial charge in [0, 0.05) is 5.57 Å². The Morgan fingerprint density at radius 1 is 1.24 bits per heavy atom. The number of nitrogens with zero attached hydrogens (tertiary/aromatic N) is 1. The zero-order valence-corrected chi connectivity index (χ0v) is 19.5. The molecule has 0 radical (unpaired) electrons. The molecular formula is C26H44N2O. The summed E-state index contributed by atoms with van der Waals surface area (Å²) in [5.41, 5.74) is 9.22. The molecule has 3 heteroatoms. The van der Waals surface area contributed by atoms with Gasteiger partial charge in [0.1, 0.15) is 5.76 Å². The summed E-state index contributed by atoms with van der Waals surface area (Å²) < 4.78 is 6.28. The van der Waals surface area contributed by atoms with E-state index >= 15 is 0 Å². The van der Waals surface area contributed by atoms with Crippen LogP contribution < -0.4 is 5.73 Å². The van der Waals surface area contributed by atoms with Crippen molar-refractivity contribution in [2.24, 2.45) is 11.7 Å². The van der Waals surface area contributed by atoms with Gasteiger partial charge in [-0.1, -0.05) is 44.9 Å². The van der Waals surface area contributed by atoms with Crippen molar-refractivity contribution in [2.75, 3.05) is 26.7 Å². The molecule has 2 aliphatic rings. The SMILES string of the molecule is C/C=C(\C=C/N)C1=C(OCCC2CCCN(C)CC2)C=C(C)C=CC1.CCCC. The minimum Gasteiger partial charge on any atom is -0.493 e. The molecule has 29 heavy (non-hydrogen) atoms. The van der Waals surface area contributed by atoms with Crippen molar-refractivity contribution in [3.8, 4) is 0 Å². The van der Waals surface area contributed by atoms with Gasteiger partial charge in [0.15, 0.2) is 0 Å². The van der Waals surface area contributed by atoms with Crippen LogP contribution in [0.25, 0.3) is 0 Å². The quantitative estimate of drug-likeness (QED) is 0.495. The summed E-state index contributed by atoms with van der Waals surface area (Å²) in [4.78, 5) is 2.45. The van der Waals surface area contributed by atoms with E-state index in [0.29, 0.717) is 0 Å². The fourth-order valence-corrected chi connectivity index (χ4v) is 3.60. The van der Waals surface area contributed by atoms with Crippen LogP contribution in [0.5, 0.6) is 0 Å². The van der Waals surface area contributed by atoms with Gasteiger partial charge in [-0.25, -0.2) is 0 Å². The largest absolute Gasteiger partial charge is 0.493 e. The van der Waals surface area contributed by atoms with Crippen LogP contribution in [0.4, 0.5) is 0 Å². The van der Waals surface area contributed by atoms with Crippen molar-refractivity contribution in [1.29, 1.82) is 0 Å². The van der Waals surface area contributed by atoms with Crippen LogP contribution in [0, 0.1) is 5.92 Å². The third kappa shape index (κ3) is 10.0. The van der Waals surface area contributed by atoms with Crippen molar-refractivity contribution in [3.63, 3.8) is 0 Å². The van der Waals surface area contributed by atoms with Crippen molar-refractivity contribution >= 4 is 0 Å². The number of ether oxygens (including phenoxy) is 1. The first-order chi connectivity index (χ1) is 14.0. The highest BCUT2D eigenvalue weighted by atomic mass is 16.5. The molecule has 0 aromatic rings. The maximum Gasteiger partial charge on any atom is 0.123 e. The van der Waals surface area contributed by atoms with Crippen LogP contribution in [-0.2, 0) is 4.74 Å². The van der Waals surface area contributed by atoms with E-state index < -0.39 is 0 Å². The van der Waals surface area contributed by atoms with Gasteiger partial charge in [0.05, 0.1) is 6.61 Å². The highest BCUT2D eigenvalue weighted by Gasteiger charge is 2.16. The van der Waals surface area contributed by atoms with E-state index in [1.165, 1.54) is 56.3 Å². The van der Waals surface area contributed by atoms with Gasteiger partial charge < -0.3 is 15.4 Å². The lowest BCUT2D eigenvalue weighted by Crippen LogP contribution is -2.19. The second kappa shape index (κ2) is 15.1. The van der Waals surface area contributed by atoms with E-state index in [9.17, 15) is 0 Å². The van der Waals surface area contributed by atoms with Gasteiger partial charge in [-0.05, 0) is 102 Å². The third-order valence-corrected chi connectivity index (χ3v) is 5.65. The zero-order chi connectivity index (χ0) is 21.5. The summed E-state index contributed by atoms with van der Waals surface area (Å²) in [7, 11) is 2.23. The van der Waals surface area contributed by atoms with Crippen LogP contribution in [0.15, 0.2) is 59.1 Å². The molecule has 1 heterocycles. The molecule has 3 nitrogen and oxygen atoms in total. The Morgan fingerprint density at radius 3 is 2.66 bits per heavy atom. The summed E-state index contributed by atoms with van der Waals surface area (Å²) in [6.45, 7) is 11.8. The molecule has 0 saturated carbocycles. The predicted molar refractivity (Wildman–Crippen MR) is 128 cm³/mol. The van der Waals surface area contributed by atoms with Crippen LogP contribution in [-0.4, -0.2) is 31.6 Å². The molecule has 1 aliphatic carbocycles. The van der Waals surface area contributed by atoms with Gasteiger partial charge in [0.25, 0.3) is 0 Å². The summed E-state index contributed by atoms with van der Waals surface area (Å²) in [5.74, 6) is 1.78. The number of hydrogen-bond donors (Lipinski definition) is 1. The molecule has 1 saturated heterocycles.